The Morgan fingerprint density at radius 1 is 1.23 bits per heavy atom. The topological polar surface area (TPSA) is 68.5 Å². The number of aryl methyl sites for hydroxylation is 1. The van der Waals surface area contributed by atoms with Crippen molar-refractivity contribution in [2.24, 2.45) is 0 Å². The van der Waals surface area contributed by atoms with Gasteiger partial charge in [-0.1, -0.05) is 30.7 Å². The molecule has 0 saturated carbocycles. The number of rotatable bonds is 4. The summed E-state index contributed by atoms with van der Waals surface area (Å²) in [5, 5.41) is 4.19. The van der Waals surface area contributed by atoms with Gasteiger partial charge >= 0.3 is 0 Å². The zero-order chi connectivity index (χ0) is 21.6. The molecule has 5 nitrogen and oxygen atoms in total. The summed E-state index contributed by atoms with van der Waals surface area (Å²) < 4.78 is 12.2. The van der Waals surface area contributed by atoms with Crippen LogP contribution in [0, 0.1) is 6.92 Å². The fraction of sp³-hybridized carbons (Fsp3) is 0.333. The summed E-state index contributed by atoms with van der Waals surface area (Å²) in [5.41, 5.74) is 1.71. The summed E-state index contributed by atoms with van der Waals surface area (Å²) in [5.74, 6) is 0.408. The van der Waals surface area contributed by atoms with Gasteiger partial charge in [0.15, 0.2) is 11.5 Å². The van der Waals surface area contributed by atoms with Gasteiger partial charge in [-0.25, -0.2) is 0 Å². The lowest BCUT2D eigenvalue weighted by Crippen LogP contribution is -2.36. The Morgan fingerprint density at radius 2 is 1.93 bits per heavy atom. The first-order valence-corrected chi connectivity index (χ1v) is 10.5. The molecule has 2 aromatic carbocycles. The van der Waals surface area contributed by atoms with Crippen LogP contribution in [0.1, 0.15) is 65.7 Å². The van der Waals surface area contributed by atoms with E-state index in [1.165, 1.54) is 0 Å². The Hall–Kier alpha value is -2.79. The Balaban J connectivity index is 1.78. The van der Waals surface area contributed by atoms with Crippen molar-refractivity contribution in [2.75, 3.05) is 0 Å². The molecule has 0 bridgehead atoms. The zero-order valence-electron chi connectivity index (χ0n) is 17.5. The maximum absolute atomic E-state index is 13.3. The highest BCUT2D eigenvalue weighted by molar-refractivity contribution is 6.30. The smallest absolute Gasteiger partial charge is 0.287 e. The van der Waals surface area contributed by atoms with Crippen molar-refractivity contribution in [1.82, 2.24) is 5.32 Å². The van der Waals surface area contributed by atoms with E-state index in [0.29, 0.717) is 32.9 Å². The first-order valence-electron chi connectivity index (χ1n) is 10.1. The van der Waals surface area contributed by atoms with Gasteiger partial charge in [0.2, 0.25) is 0 Å². The highest BCUT2D eigenvalue weighted by Crippen LogP contribution is 2.44. The lowest BCUT2D eigenvalue weighted by Gasteiger charge is -2.35. The second kappa shape index (κ2) is 7.47. The number of ketones is 1. The Morgan fingerprint density at radius 3 is 2.60 bits per heavy atom. The number of carbonyl (C=O) groups excluding carboxylic acids is 2. The number of furan rings is 1. The summed E-state index contributed by atoms with van der Waals surface area (Å²) in [6, 6.07) is 10.8. The summed E-state index contributed by atoms with van der Waals surface area (Å²) in [6.45, 7) is 7.64. The molecule has 4 rings (SSSR count). The number of fused-ring (bicyclic) bond motifs is 3. The van der Waals surface area contributed by atoms with Crippen molar-refractivity contribution in [3.63, 3.8) is 0 Å². The van der Waals surface area contributed by atoms with Gasteiger partial charge in [0.25, 0.3) is 5.91 Å². The molecular weight excluding hydrogens is 402 g/mol. The largest absolute Gasteiger partial charge is 0.482 e. The minimum Gasteiger partial charge on any atom is -0.482 e. The van der Waals surface area contributed by atoms with Crippen LogP contribution in [0.5, 0.6) is 5.75 Å². The lowest BCUT2D eigenvalue weighted by atomic mass is 9.84. The van der Waals surface area contributed by atoms with E-state index in [2.05, 4.69) is 5.32 Å². The quantitative estimate of drug-likeness (QED) is 0.573. The molecule has 1 aliphatic heterocycles. The molecule has 30 heavy (non-hydrogen) atoms. The molecule has 2 atom stereocenters. The van der Waals surface area contributed by atoms with E-state index in [0.717, 1.165) is 12.0 Å². The predicted molar refractivity (Wildman–Crippen MR) is 117 cm³/mol. The lowest BCUT2D eigenvalue weighted by molar-refractivity contribution is 0.0507. The first-order chi connectivity index (χ1) is 14.2. The van der Waals surface area contributed by atoms with Crippen molar-refractivity contribution < 1.29 is 18.7 Å². The fourth-order valence-electron chi connectivity index (χ4n) is 3.93. The van der Waals surface area contributed by atoms with Crippen LogP contribution in [0.25, 0.3) is 11.0 Å². The number of ether oxygens (including phenoxy) is 1. The molecule has 2 heterocycles. The Labute approximate surface area is 180 Å². The van der Waals surface area contributed by atoms with Crippen LogP contribution in [0.4, 0.5) is 0 Å². The van der Waals surface area contributed by atoms with Gasteiger partial charge in [0, 0.05) is 22.0 Å². The number of amides is 1. The van der Waals surface area contributed by atoms with Crippen LogP contribution >= 0.6 is 11.6 Å². The van der Waals surface area contributed by atoms with Crippen LogP contribution in [0.2, 0.25) is 5.02 Å². The molecule has 0 aliphatic carbocycles. The standard InChI is InChI=1S/C24H24ClNO4/c1-5-13(2)26-23(28)22-14(3)20-18(29-22)10-11-19-21(20)17(27)12-24(4,30-19)15-6-8-16(25)9-7-15/h6-11,13H,5,12H2,1-4H3,(H,26,28)/t13-,24+/m1/s1. The summed E-state index contributed by atoms with van der Waals surface area (Å²) >= 11 is 6.01. The van der Waals surface area contributed by atoms with Gasteiger partial charge in [-0.3, -0.25) is 9.59 Å². The molecule has 3 aromatic rings. The third kappa shape index (κ3) is 3.37. The van der Waals surface area contributed by atoms with E-state index in [9.17, 15) is 9.59 Å². The molecule has 0 saturated heterocycles. The van der Waals surface area contributed by atoms with Crippen LogP contribution in [0.15, 0.2) is 40.8 Å². The number of halogens is 1. The minimum atomic E-state index is -0.795. The van der Waals surface area contributed by atoms with Crippen molar-refractivity contribution in [1.29, 1.82) is 0 Å². The number of carbonyl (C=O) groups is 2. The van der Waals surface area contributed by atoms with Gasteiger partial charge in [-0.05, 0) is 57.0 Å². The molecule has 156 valence electrons. The Bertz CT molecular complexity index is 1150. The number of benzene rings is 2. The van der Waals surface area contributed by atoms with Crippen molar-refractivity contribution in [2.45, 2.75) is 52.2 Å². The van der Waals surface area contributed by atoms with Crippen LogP contribution in [0.3, 0.4) is 0 Å². The first kappa shape index (κ1) is 20.5. The fourth-order valence-corrected chi connectivity index (χ4v) is 4.05. The average molecular weight is 426 g/mol. The molecule has 0 spiro atoms. The van der Waals surface area contributed by atoms with E-state index >= 15 is 0 Å². The van der Waals surface area contributed by atoms with Crippen LogP contribution in [-0.4, -0.2) is 17.7 Å². The van der Waals surface area contributed by atoms with E-state index < -0.39 is 5.60 Å². The zero-order valence-corrected chi connectivity index (χ0v) is 18.2. The van der Waals surface area contributed by atoms with E-state index in [-0.39, 0.29) is 29.9 Å². The monoisotopic (exact) mass is 425 g/mol. The maximum Gasteiger partial charge on any atom is 0.287 e. The summed E-state index contributed by atoms with van der Waals surface area (Å²) in [6.07, 6.45) is 0.996. The van der Waals surface area contributed by atoms with E-state index in [4.69, 9.17) is 20.8 Å². The molecule has 1 amide bonds. The maximum atomic E-state index is 13.3. The molecule has 6 heteroatoms. The third-order valence-corrected chi connectivity index (χ3v) is 6.07. The van der Waals surface area contributed by atoms with Crippen molar-refractivity contribution in [3.8, 4) is 5.75 Å². The molecule has 0 radical (unpaired) electrons. The molecule has 0 fully saturated rings. The average Bonchev–Trinajstić information content (AvgIpc) is 3.04. The van der Waals surface area contributed by atoms with Gasteiger partial charge in [0.05, 0.1) is 12.0 Å². The second-order valence-electron chi connectivity index (χ2n) is 8.09. The molecule has 1 aliphatic rings. The molecule has 1 N–H and O–H groups in total. The predicted octanol–water partition coefficient (Wildman–Crippen LogP) is 5.80. The normalized spacial score (nSPS) is 19.3. The van der Waals surface area contributed by atoms with E-state index in [1.807, 2.05) is 32.9 Å². The molecule has 0 unspecified atom stereocenters. The SMILES string of the molecule is CC[C@@H](C)NC(=O)c1oc2ccc3c(c2c1C)C(=O)C[C@@](C)(c1ccc(Cl)cc1)O3. The number of Topliss-reactive ketones (excluding diaryl/α,β-unsaturated/α-hetero) is 1. The van der Waals surface area contributed by atoms with Crippen LogP contribution < -0.4 is 10.1 Å². The highest BCUT2D eigenvalue weighted by atomic mass is 35.5. The van der Waals surface area contributed by atoms with Crippen molar-refractivity contribution >= 4 is 34.3 Å². The number of hydrogen-bond acceptors (Lipinski definition) is 4. The van der Waals surface area contributed by atoms with Crippen molar-refractivity contribution in [3.05, 3.63) is 63.9 Å². The minimum absolute atomic E-state index is 0.0316. The van der Waals surface area contributed by atoms with Crippen LogP contribution in [-0.2, 0) is 5.60 Å². The molecular formula is C24H24ClNO4. The third-order valence-electron chi connectivity index (χ3n) is 5.82. The second-order valence-corrected chi connectivity index (χ2v) is 8.53. The highest BCUT2D eigenvalue weighted by Gasteiger charge is 2.40. The number of hydrogen-bond donors (Lipinski definition) is 1. The summed E-state index contributed by atoms with van der Waals surface area (Å²) in [4.78, 5) is 25.9. The summed E-state index contributed by atoms with van der Waals surface area (Å²) in [7, 11) is 0. The van der Waals surface area contributed by atoms with Gasteiger partial charge in [-0.2, -0.15) is 0 Å². The van der Waals surface area contributed by atoms with Gasteiger partial charge < -0.3 is 14.5 Å². The van der Waals surface area contributed by atoms with E-state index in [1.54, 1.807) is 31.2 Å². The number of nitrogens with one attached hydrogen (secondary N) is 1. The Kier molecular flexibility index (Phi) is 5.10. The van der Waals surface area contributed by atoms with Gasteiger partial charge in [-0.15, -0.1) is 0 Å². The molecule has 1 aromatic heterocycles. The van der Waals surface area contributed by atoms with Gasteiger partial charge in [0.1, 0.15) is 16.9 Å².